The molecule has 24 heavy (non-hydrogen) atoms. The molecule has 0 saturated carbocycles. The van der Waals surface area contributed by atoms with E-state index in [9.17, 15) is 8.78 Å². The minimum atomic E-state index is -0.627. The van der Waals surface area contributed by atoms with Gasteiger partial charge < -0.3 is 4.74 Å². The normalized spacial score (nSPS) is 10.1. The lowest BCUT2D eigenvalue weighted by atomic mass is 10.1. The van der Waals surface area contributed by atoms with Crippen LogP contribution in [0, 0.1) is 23.5 Å². The standard InChI is InChI=1S/C19H14F2N2O/c1-24-16-6-2-4-14(12-16)5-3-11-23-19(9-10-22-23)17-8-7-15(20)13-18(17)21/h2,4,6-10,12-13H,11H2,1H3. The average molecular weight is 324 g/mol. The molecule has 5 heteroatoms. The predicted octanol–water partition coefficient (Wildman–Crippen LogP) is 3.89. The van der Waals surface area contributed by atoms with Crippen LogP contribution in [0.1, 0.15) is 5.56 Å². The van der Waals surface area contributed by atoms with Crippen LogP contribution in [-0.2, 0) is 6.54 Å². The number of aromatic nitrogens is 2. The average Bonchev–Trinajstić information content (AvgIpc) is 3.03. The van der Waals surface area contributed by atoms with Crippen LogP contribution in [-0.4, -0.2) is 16.9 Å². The van der Waals surface area contributed by atoms with Crippen LogP contribution in [0.15, 0.2) is 54.7 Å². The van der Waals surface area contributed by atoms with Crippen molar-refractivity contribution in [2.75, 3.05) is 7.11 Å². The molecule has 0 aliphatic heterocycles. The Kier molecular flexibility index (Phi) is 4.57. The Bertz CT molecular complexity index is 922. The molecule has 0 amide bonds. The van der Waals surface area contributed by atoms with Crippen LogP contribution < -0.4 is 4.74 Å². The third kappa shape index (κ3) is 3.44. The second-order valence-electron chi connectivity index (χ2n) is 5.03. The van der Waals surface area contributed by atoms with Gasteiger partial charge in [-0.15, -0.1) is 0 Å². The van der Waals surface area contributed by atoms with Crippen molar-refractivity contribution < 1.29 is 13.5 Å². The minimum absolute atomic E-state index is 0.288. The monoisotopic (exact) mass is 324 g/mol. The number of halogens is 2. The third-order valence-corrected chi connectivity index (χ3v) is 3.45. The van der Waals surface area contributed by atoms with Gasteiger partial charge in [0.1, 0.15) is 23.9 Å². The molecule has 120 valence electrons. The van der Waals surface area contributed by atoms with Crippen molar-refractivity contribution in [2.45, 2.75) is 6.54 Å². The maximum Gasteiger partial charge on any atom is 0.135 e. The topological polar surface area (TPSA) is 27.1 Å². The summed E-state index contributed by atoms with van der Waals surface area (Å²) in [7, 11) is 1.60. The fourth-order valence-electron chi connectivity index (χ4n) is 2.30. The first-order chi connectivity index (χ1) is 11.7. The summed E-state index contributed by atoms with van der Waals surface area (Å²) in [6.07, 6.45) is 1.56. The zero-order valence-electron chi connectivity index (χ0n) is 13.0. The number of methoxy groups -OCH3 is 1. The molecular formula is C19H14F2N2O. The highest BCUT2D eigenvalue weighted by molar-refractivity contribution is 5.60. The van der Waals surface area contributed by atoms with E-state index in [2.05, 4.69) is 16.9 Å². The number of ether oxygens (including phenoxy) is 1. The summed E-state index contributed by atoms with van der Waals surface area (Å²) < 4.78 is 33.7. The van der Waals surface area contributed by atoms with Crippen LogP contribution >= 0.6 is 0 Å². The zero-order chi connectivity index (χ0) is 16.9. The van der Waals surface area contributed by atoms with Gasteiger partial charge in [0.25, 0.3) is 0 Å². The lowest BCUT2D eigenvalue weighted by Crippen LogP contribution is -2.01. The van der Waals surface area contributed by atoms with E-state index in [1.165, 1.54) is 12.1 Å². The molecule has 0 radical (unpaired) electrons. The van der Waals surface area contributed by atoms with Gasteiger partial charge in [-0.1, -0.05) is 17.9 Å². The van der Waals surface area contributed by atoms with Crippen LogP contribution in [0.5, 0.6) is 5.75 Å². The molecule has 0 N–H and O–H groups in total. The summed E-state index contributed by atoms with van der Waals surface area (Å²) in [5.41, 5.74) is 1.65. The number of hydrogen-bond acceptors (Lipinski definition) is 2. The molecule has 0 unspecified atom stereocenters. The third-order valence-electron chi connectivity index (χ3n) is 3.45. The van der Waals surface area contributed by atoms with Crippen molar-refractivity contribution in [3.63, 3.8) is 0 Å². The van der Waals surface area contributed by atoms with Crippen molar-refractivity contribution in [2.24, 2.45) is 0 Å². The molecule has 1 heterocycles. The Labute approximate surface area is 138 Å². The van der Waals surface area contributed by atoms with E-state index in [1.54, 1.807) is 24.1 Å². The number of benzene rings is 2. The Balaban J connectivity index is 1.83. The van der Waals surface area contributed by atoms with Crippen molar-refractivity contribution in [1.29, 1.82) is 0 Å². The summed E-state index contributed by atoms with van der Waals surface area (Å²) in [4.78, 5) is 0. The highest BCUT2D eigenvalue weighted by atomic mass is 19.1. The molecule has 3 aromatic rings. The molecule has 3 rings (SSSR count). The smallest absolute Gasteiger partial charge is 0.135 e. The Morgan fingerprint density at radius 3 is 2.79 bits per heavy atom. The second kappa shape index (κ2) is 6.97. The van der Waals surface area contributed by atoms with Crippen LogP contribution in [0.2, 0.25) is 0 Å². The Hall–Kier alpha value is -3.13. The van der Waals surface area contributed by atoms with E-state index >= 15 is 0 Å². The second-order valence-corrected chi connectivity index (χ2v) is 5.03. The van der Waals surface area contributed by atoms with E-state index in [1.807, 2.05) is 24.3 Å². The molecule has 0 spiro atoms. The van der Waals surface area contributed by atoms with Gasteiger partial charge in [0, 0.05) is 23.4 Å². The fourth-order valence-corrected chi connectivity index (χ4v) is 2.30. The summed E-state index contributed by atoms with van der Waals surface area (Å²) in [6, 6.07) is 12.5. The Morgan fingerprint density at radius 1 is 1.12 bits per heavy atom. The van der Waals surface area contributed by atoms with E-state index in [4.69, 9.17) is 4.74 Å². The highest BCUT2D eigenvalue weighted by Crippen LogP contribution is 2.23. The Morgan fingerprint density at radius 2 is 2.00 bits per heavy atom. The lowest BCUT2D eigenvalue weighted by Gasteiger charge is -2.05. The molecular weight excluding hydrogens is 310 g/mol. The van der Waals surface area contributed by atoms with E-state index in [0.717, 1.165) is 17.4 Å². The first kappa shape index (κ1) is 15.8. The van der Waals surface area contributed by atoms with E-state index in [0.29, 0.717) is 5.69 Å². The van der Waals surface area contributed by atoms with Gasteiger partial charge in [0.15, 0.2) is 0 Å². The number of nitrogens with zero attached hydrogens (tertiary/aromatic N) is 2. The molecule has 0 aliphatic rings. The maximum absolute atomic E-state index is 13.9. The molecule has 0 fully saturated rings. The van der Waals surface area contributed by atoms with Crippen LogP contribution in [0.3, 0.4) is 0 Å². The largest absolute Gasteiger partial charge is 0.497 e. The first-order valence-corrected chi connectivity index (χ1v) is 7.27. The van der Waals surface area contributed by atoms with Crippen LogP contribution in [0.4, 0.5) is 8.78 Å². The van der Waals surface area contributed by atoms with Gasteiger partial charge in [0.05, 0.1) is 12.8 Å². The number of rotatable bonds is 3. The summed E-state index contributed by atoms with van der Waals surface area (Å²) in [6.45, 7) is 0.288. The lowest BCUT2D eigenvalue weighted by molar-refractivity contribution is 0.414. The maximum atomic E-state index is 13.9. The van der Waals surface area contributed by atoms with Gasteiger partial charge in [-0.3, -0.25) is 4.68 Å². The van der Waals surface area contributed by atoms with Gasteiger partial charge in [0.2, 0.25) is 0 Å². The SMILES string of the molecule is COc1cccc(C#CCn2nccc2-c2ccc(F)cc2F)c1. The molecule has 2 aromatic carbocycles. The van der Waals surface area contributed by atoms with Gasteiger partial charge >= 0.3 is 0 Å². The molecule has 3 nitrogen and oxygen atoms in total. The summed E-state index contributed by atoms with van der Waals surface area (Å²) >= 11 is 0. The van der Waals surface area contributed by atoms with Gasteiger partial charge in [-0.25, -0.2) is 8.78 Å². The van der Waals surface area contributed by atoms with E-state index < -0.39 is 11.6 Å². The van der Waals surface area contributed by atoms with Crippen molar-refractivity contribution in [3.8, 4) is 28.8 Å². The van der Waals surface area contributed by atoms with Crippen molar-refractivity contribution >= 4 is 0 Å². The first-order valence-electron chi connectivity index (χ1n) is 7.27. The minimum Gasteiger partial charge on any atom is -0.497 e. The zero-order valence-corrected chi connectivity index (χ0v) is 13.0. The fraction of sp³-hybridized carbons (Fsp3) is 0.105. The molecule has 0 aliphatic carbocycles. The predicted molar refractivity (Wildman–Crippen MR) is 87.5 cm³/mol. The summed E-state index contributed by atoms with van der Waals surface area (Å²) in [5.74, 6) is 5.50. The van der Waals surface area contributed by atoms with Gasteiger partial charge in [-0.2, -0.15) is 5.10 Å². The quantitative estimate of drug-likeness (QED) is 0.684. The van der Waals surface area contributed by atoms with Crippen molar-refractivity contribution in [1.82, 2.24) is 9.78 Å². The van der Waals surface area contributed by atoms with Crippen LogP contribution in [0.25, 0.3) is 11.3 Å². The molecule has 0 saturated heterocycles. The molecule has 0 atom stereocenters. The highest BCUT2D eigenvalue weighted by Gasteiger charge is 2.10. The summed E-state index contributed by atoms with van der Waals surface area (Å²) in [5, 5.41) is 4.15. The molecule has 0 bridgehead atoms. The van der Waals surface area contributed by atoms with Crippen molar-refractivity contribution in [3.05, 3.63) is 71.9 Å². The number of hydrogen-bond donors (Lipinski definition) is 0. The van der Waals surface area contributed by atoms with E-state index in [-0.39, 0.29) is 12.1 Å². The van der Waals surface area contributed by atoms with Gasteiger partial charge in [-0.05, 0) is 36.4 Å². The molecule has 1 aromatic heterocycles.